The number of hydrogen-bond acceptors (Lipinski definition) is 3. The Kier molecular flexibility index (Phi) is 6.82. The number of carbonyl (C=O) groups excluding carboxylic acids is 1. The Morgan fingerprint density at radius 1 is 0.958 bits per heavy atom. The largest absolute Gasteiger partial charge is 0.444 e. The van der Waals surface area contributed by atoms with Gasteiger partial charge in [0, 0.05) is 20.1 Å². The van der Waals surface area contributed by atoms with E-state index < -0.39 is 0 Å². The van der Waals surface area contributed by atoms with Crippen molar-refractivity contribution in [2.45, 2.75) is 32.4 Å². The highest BCUT2D eigenvalue weighted by molar-refractivity contribution is 5.67. The van der Waals surface area contributed by atoms with Gasteiger partial charge in [0.15, 0.2) is 0 Å². The molecule has 0 aliphatic carbocycles. The van der Waals surface area contributed by atoms with E-state index in [4.69, 9.17) is 4.74 Å². The van der Waals surface area contributed by atoms with Crippen LogP contribution in [0.3, 0.4) is 0 Å². The average molecular weight is 326 g/mol. The first kappa shape index (κ1) is 18.0. The maximum atomic E-state index is 12.5. The van der Waals surface area contributed by atoms with Gasteiger partial charge in [0.1, 0.15) is 6.61 Å². The number of hydrogen-bond donors (Lipinski definition) is 0. The summed E-state index contributed by atoms with van der Waals surface area (Å²) in [5, 5.41) is 3.47. The molecule has 0 bridgehead atoms. The summed E-state index contributed by atoms with van der Waals surface area (Å²) >= 11 is 0. The first-order valence-electron chi connectivity index (χ1n) is 8.29. The fourth-order valence-electron chi connectivity index (χ4n) is 2.67. The van der Waals surface area contributed by atoms with Crippen LogP contribution in [0.2, 0.25) is 0 Å². The molecule has 4 heteroatoms. The molecule has 2 aromatic carbocycles. The molecule has 4 nitrogen and oxygen atoms in total. The third-order valence-corrected chi connectivity index (χ3v) is 3.93. The van der Waals surface area contributed by atoms with E-state index in [2.05, 4.69) is 12.1 Å². The van der Waals surface area contributed by atoms with Crippen molar-refractivity contribution in [2.24, 2.45) is 0 Å². The van der Waals surface area contributed by atoms with Crippen molar-refractivity contribution in [3.8, 4) is 0 Å². The van der Waals surface area contributed by atoms with E-state index in [0.717, 1.165) is 18.4 Å². The molecule has 1 atom stereocenters. The van der Waals surface area contributed by atoms with Gasteiger partial charge in [0.2, 0.25) is 0 Å². The van der Waals surface area contributed by atoms with Gasteiger partial charge in [0.05, 0.1) is 0 Å². The third-order valence-electron chi connectivity index (χ3n) is 3.93. The van der Waals surface area contributed by atoms with Crippen LogP contribution in [0.15, 0.2) is 60.7 Å². The number of hydrazine groups is 1. The molecule has 24 heavy (non-hydrogen) atoms. The van der Waals surface area contributed by atoms with Crippen LogP contribution in [0.25, 0.3) is 0 Å². The SMILES string of the molecule is CC(CCc1ccccc1)N(C(=O)OCc1ccccc1)N(C)C. The van der Waals surface area contributed by atoms with Crippen LogP contribution in [-0.2, 0) is 17.8 Å². The summed E-state index contributed by atoms with van der Waals surface area (Å²) in [6.45, 7) is 2.34. The summed E-state index contributed by atoms with van der Waals surface area (Å²) in [4.78, 5) is 12.5. The lowest BCUT2D eigenvalue weighted by molar-refractivity contribution is -0.0178. The lowest BCUT2D eigenvalue weighted by Gasteiger charge is -2.33. The number of ether oxygens (including phenoxy) is 1. The van der Waals surface area contributed by atoms with Crippen molar-refractivity contribution in [1.29, 1.82) is 0 Å². The molecule has 0 saturated carbocycles. The van der Waals surface area contributed by atoms with Crippen molar-refractivity contribution >= 4 is 6.09 Å². The van der Waals surface area contributed by atoms with E-state index in [1.165, 1.54) is 5.56 Å². The summed E-state index contributed by atoms with van der Waals surface area (Å²) in [6, 6.07) is 20.1. The van der Waals surface area contributed by atoms with Gasteiger partial charge in [-0.3, -0.25) is 0 Å². The van der Waals surface area contributed by atoms with Crippen LogP contribution in [0.1, 0.15) is 24.5 Å². The molecule has 128 valence electrons. The van der Waals surface area contributed by atoms with Crippen LogP contribution in [0.4, 0.5) is 4.79 Å². The van der Waals surface area contributed by atoms with Crippen LogP contribution < -0.4 is 0 Å². The minimum atomic E-state index is -0.315. The predicted molar refractivity (Wildman–Crippen MR) is 96.4 cm³/mol. The first-order valence-corrected chi connectivity index (χ1v) is 8.29. The second-order valence-electron chi connectivity index (χ2n) is 6.11. The fraction of sp³-hybridized carbons (Fsp3) is 0.350. The number of carbonyl (C=O) groups is 1. The smallest absolute Gasteiger partial charge is 0.425 e. The summed E-state index contributed by atoms with van der Waals surface area (Å²) < 4.78 is 5.47. The van der Waals surface area contributed by atoms with Gasteiger partial charge >= 0.3 is 6.09 Å². The van der Waals surface area contributed by atoms with Gasteiger partial charge in [-0.2, -0.15) is 0 Å². The molecule has 0 spiro atoms. The topological polar surface area (TPSA) is 32.8 Å². The molecule has 0 aliphatic heterocycles. The fourth-order valence-corrected chi connectivity index (χ4v) is 2.67. The predicted octanol–water partition coefficient (Wildman–Crippen LogP) is 4.12. The quantitative estimate of drug-likeness (QED) is 0.717. The van der Waals surface area contributed by atoms with Crippen LogP contribution >= 0.6 is 0 Å². The highest BCUT2D eigenvalue weighted by atomic mass is 16.6. The van der Waals surface area contributed by atoms with Crippen molar-refractivity contribution in [3.05, 3.63) is 71.8 Å². The van der Waals surface area contributed by atoms with Crippen LogP contribution in [0.5, 0.6) is 0 Å². The van der Waals surface area contributed by atoms with E-state index in [9.17, 15) is 4.79 Å². The van der Waals surface area contributed by atoms with E-state index in [1.807, 2.05) is 69.6 Å². The van der Waals surface area contributed by atoms with E-state index >= 15 is 0 Å². The molecule has 1 amide bonds. The minimum absolute atomic E-state index is 0.0588. The number of benzene rings is 2. The summed E-state index contributed by atoms with van der Waals surface area (Å²) in [7, 11) is 3.73. The molecule has 2 aromatic rings. The van der Waals surface area contributed by atoms with Gasteiger partial charge < -0.3 is 4.74 Å². The molecule has 0 heterocycles. The summed E-state index contributed by atoms with van der Waals surface area (Å²) in [6.07, 6.45) is 1.49. The molecule has 0 saturated heterocycles. The lowest BCUT2D eigenvalue weighted by Crippen LogP contribution is -2.47. The number of rotatable bonds is 7. The second kappa shape index (κ2) is 9.08. The molecular formula is C20H26N2O2. The van der Waals surface area contributed by atoms with Crippen molar-refractivity contribution in [1.82, 2.24) is 10.0 Å². The highest BCUT2D eigenvalue weighted by Crippen LogP contribution is 2.13. The van der Waals surface area contributed by atoms with Crippen molar-refractivity contribution in [3.63, 3.8) is 0 Å². The Morgan fingerprint density at radius 2 is 1.50 bits per heavy atom. The molecular weight excluding hydrogens is 300 g/mol. The Hall–Kier alpha value is -2.33. The lowest BCUT2D eigenvalue weighted by atomic mass is 10.1. The number of amides is 1. The second-order valence-corrected chi connectivity index (χ2v) is 6.11. The normalized spacial score (nSPS) is 12.0. The molecule has 0 aromatic heterocycles. The standard InChI is InChI=1S/C20H26N2O2/c1-17(14-15-18-10-6-4-7-11-18)22(21(2)3)20(23)24-16-19-12-8-5-9-13-19/h4-13,17H,14-16H2,1-3H3. The maximum absolute atomic E-state index is 12.5. The molecule has 0 fully saturated rings. The van der Waals surface area contributed by atoms with Gasteiger partial charge in [-0.25, -0.2) is 14.8 Å². The van der Waals surface area contributed by atoms with Gasteiger partial charge in [-0.05, 0) is 30.9 Å². The maximum Gasteiger partial charge on any atom is 0.425 e. The average Bonchev–Trinajstić information content (AvgIpc) is 2.60. The van der Waals surface area contributed by atoms with E-state index in [1.54, 1.807) is 10.0 Å². The Balaban J connectivity index is 1.90. The Morgan fingerprint density at radius 3 is 2.04 bits per heavy atom. The summed E-state index contributed by atoms with van der Waals surface area (Å²) in [5.74, 6) is 0. The molecule has 2 rings (SSSR count). The van der Waals surface area contributed by atoms with Crippen LogP contribution in [-0.4, -0.2) is 36.2 Å². The van der Waals surface area contributed by atoms with Gasteiger partial charge in [0.25, 0.3) is 0 Å². The Labute approximate surface area is 144 Å². The molecule has 0 aliphatic rings. The third kappa shape index (κ3) is 5.39. The zero-order chi connectivity index (χ0) is 17.4. The van der Waals surface area contributed by atoms with E-state index in [0.29, 0.717) is 0 Å². The summed E-state index contributed by atoms with van der Waals surface area (Å²) in [5.41, 5.74) is 2.27. The molecule has 0 radical (unpaired) electrons. The van der Waals surface area contributed by atoms with Crippen LogP contribution in [0, 0.1) is 0 Å². The number of nitrogens with zero attached hydrogens (tertiary/aromatic N) is 2. The number of aryl methyl sites for hydroxylation is 1. The van der Waals surface area contributed by atoms with Gasteiger partial charge in [-0.1, -0.05) is 60.7 Å². The van der Waals surface area contributed by atoms with E-state index in [-0.39, 0.29) is 18.7 Å². The van der Waals surface area contributed by atoms with Crippen molar-refractivity contribution < 1.29 is 9.53 Å². The monoisotopic (exact) mass is 326 g/mol. The zero-order valence-electron chi connectivity index (χ0n) is 14.7. The Bertz CT molecular complexity index is 614. The minimum Gasteiger partial charge on any atom is -0.444 e. The molecule has 1 unspecified atom stereocenters. The molecule has 0 N–H and O–H groups in total. The highest BCUT2D eigenvalue weighted by Gasteiger charge is 2.23. The first-order chi connectivity index (χ1) is 11.6. The van der Waals surface area contributed by atoms with Gasteiger partial charge in [-0.15, -0.1) is 0 Å². The zero-order valence-corrected chi connectivity index (χ0v) is 14.7. The van der Waals surface area contributed by atoms with Crippen molar-refractivity contribution in [2.75, 3.05) is 14.1 Å².